The molecule has 0 aliphatic carbocycles. The van der Waals surface area contributed by atoms with Crippen molar-refractivity contribution in [2.45, 2.75) is 25.7 Å². The smallest absolute Gasteiger partial charge is 0.0175 e. The predicted octanol–water partition coefficient (Wildman–Crippen LogP) is 4.78. The van der Waals surface area contributed by atoms with Gasteiger partial charge in [0.15, 0.2) is 0 Å². The first-order chi connectivity index (χ1) is 10.2. The second-order valence-electron chi connectivity index (χ2n) is 6.37. The summed E-state index contributed by atoms with van der Waals surface area (Å²) in [5, 5.41) is 3.58. The van der Waals surface area contributed by atoms with Crippen LogP contribution < -0.4 is 5.32 Å². The zero-order chi connectivity index (χ0) is 14.7. The van der Waals surface area contributed by atoms with E-state index in [1.54, 1.807) is 0 Å². The molecular formula is C19H22BrN. The third kappa shape index (κ3) is 3.38. The maximum absolute atomic E-state index is 3.58. The molecule has 0 radical (unpaired) electrons. The van der Waals surface area contributed by atoms with Crippen LogP contribution in [0.3, 0.4) is 0 Å². The van der Waals surface area contributed by atoms with Crippen molar-refractivity contribution in [3.05, 3.63) is 70.2 Å². The normalized spacial score (nSPS) is 25.7. The average Bonchev–Trinajstić information content (AvgIpc) is 2.49. The highest BCUT2D eigenvalue weighted by atomic mass is 79.9. The largest absolute Gasteiger partial charge is 0.316 e. The van der Waals surface area contributed by atoms with Gasteiger partial charge in [-0.15, -0.1) is 0 Å². The first-order valence-corrected chi connectivity index (χ1v) is 8.47. The zero-order valence-corrected chi connectivity index (χ0v) is 14.1. The molecule has 1 saturated heterocycles. The molecular weight excluding hydrogens is 322 g/mol. The summed E-state index contributed by atoms with van der Waals surface area (Å²) < 4.78 is 1.15. The second-order valence-corrected chi connectivity index (χ2v) is 7.29. The van der Waals surface area contributed by atoms with Crippen LogP contribution in [0.1, 0.15) is 30.4 Å². The molecule has 21 heavy (non-hydrogen) atoms. The molecule has 0 amide bonds. The molecule has 1 heterocycles. The van der Waals surface area contributed by atoms with E-state index in [9.17, 15) is 0 Å². The summed E-state index contributed by atoms with van der Waals surface area (Å²) in [5.41, 5.74) is 3.22. The molecule has 1 aliphatic heterocycles. The number of halogens is 1. The number of rotatable bonds is 3. The van der Waals surface area contributed by atoms with E-state index >= 15 is 0 Å². The lowest BCUT2D eigenvalue weighted by atomic mass is 9.66. The minimum absolute atomic E-state index is 0.320. The van der Waals surface area contributed by atoms with Crippen molar-refractivity contribution in [2.24, 2.45) is 5.41 Å². The van der Waals surface area contributed by atoms with Crippen molar-refractivity contribution in [1.29, 1.82) is 0 Å². The van der Waals surface area contributed by atoms with E-state index < -0.39 is 0 Å². The molecule has 0 aromatic heterocycles. The number of benzene rings is 2. The highest BCUT2D eigenvalue weighted by molar-refractivity contribution is 9.10. The van der Waals surface area contributed by atoms with E-state index in [0.29, 0.717) is 11.3 Å². The first-order valence-electron chi connectivity index (χ1n) is 7.67. The van der Waals surface area contributed by atoms with Gasteiger partial charge in [-0.2, -0.15) is 0 Å². The highest BCUT2D eigenvalue weighted by Crippen LogP contribution is 2.43. The van der Waals surface area contributed by atoms with Gasteiger partial charge in [0.05, 0.1) is 0 Å². The molecule has 0 spiro atoms. The van der Waals surface area contributed by atoms with E-state index in [1.165, 1.54) is 17.5 Å². The van der Waals surface area contributed by atoms with Crippen molar-refractivity contribution >= 4 is 15.9 Å². The number of hydrogen-bond donors (Lipinski definition) is 1. The van der Waals surface area contributed by atoms with Gasteiger partial charge >= 0.3 is 0 Å². The monoisotopic (exact) mass is 343 g/mol. The summed E-state index contributed by atoms with van der Waals surface area (Å²) in [6.07, 6.45) is 2.37. The molecule has 1 aliphatic rings. The Bertz CT molecular complexity index is 578. The van der Waals surface area contributed by atoms with Gasteiger partial charge in [0.2, 0.25) is 0 Å². The zero-order valence-electron chi connectivity index (χ0n) is 12.5. The van der Waals surface area contributed by atoms with Crippen LogP contribution in [0.2, 0.25) is 0 Å². The Morgan fingerprint density at radius 2 is 1.81 bits per heavy atom. The number of piperidine rings is 1. The molecule has 2 aromatic rings. The van der Waals surface area contributed by atoms with E-state index in [0.717, 1.165) is 24.0 Å². The second kappa shape index (κ2) is 6.33. The lowest BCUT2D eigenvalue weighted by Gasteiger charge is -2.42. The average molecular weight is 344 g/mol. The van der Waals surface area contributed by atoms with Crippen LogP contribution in [-0.2, 0) is 6.42 Å². The molecule has 0 saturated carbocycles. The van der Waals surface area contributed by atoms with Gasteiger partial charge in [0, 0.05) is 16.9 Å². The highest BCUT2D eigenvalue weighted by Gasteiger charge is 2.37. The van der Waals surface area contributed by atoms with Crippen LogP contribution in [0.25, 0.3) is 0 Å². The molecule has 110 valence electrons. The molecule has 2 atom stereocenters. The first kappa shape index (κ1) is 14.8. The van der Waals surface area contributed by atoms with Crippen LogP contribution in [0.4, 0.5) is 0 Å². The molecule has 2 aromatic carbocycles. The van der Waals surface area contributed by atoms with Crippen molar-refractivity contribution in [1.82, 2.24) is 5.32 Å². The quantitative estimate of drug-likeness (QED) is 0.845. The molecule has 2 heteroatoms. The van der Waals surface area contributed by atoms with Crippen LogP contribution in [0.5, 0.6) is 0 Å². The SMILES string of the molecule is CC1(Cc2ccccc2)CCNCC1c1ccc(Br)cc1. The summed E-state index contributed by atoms with van der Waals surface area (Å²) in [5.74, 6) is 0.569. The van der Waals surface area contributed by atoms with E-state index in [4.69, 9.17) is 0 Å². The Kier molecular flexibility index (Phi) is 4.46. The van der Waals surface area contributed by atoms with Gasteiger partial charge in [-0.05, 0) is 48.1 Å². The van der Waals surface area contributed by atoms with Gasteiger partial charge < -0.3 is 5.32 Å². The predicted molar refractivity (Wildman–Crippen MR) is 92.6 cm³/mol. The van der Waals surface area contributed by atoms with Crippen molar-refractivity contribution in [3.8, 4) is 0 Å². The fourth-order valence-electron chi connectivity index (χ4n) is 3.53. The third-order valence-corrected chi connectivity index (χ3v) is 5.31. The number of nitrogens with one attached hydrogen (secondary N) is 1. The lowest BCUT2D eigenvalue weighted by Crippen LogP contribution is -2.43. The summed E-state index contributed by atoms with van der Waals surface area (Å²) >= 11 is 3.54. The van der Waals surface area contributed by atoms with E-state index in [1.807, 2.05) is 0 Å². The maximum atomic E-state index is 3.58. The van der Waals surface area contributed by atoms with Crippen LogP contribution in [0.15, 0.2) is 59.1 Å². The molecule has 0 bridgehead atoms. The van der Waals surface area contributed by atoms with Gasteiger partial charge in [0.25, 0.3) is 0 Å². The summed E-state index contributed by atoms with van der Waals surface area (Å²) in [6, 6.07) is 19.8. The Labute approximate surface area is 135 Å². The fraction of sp³-hybridized carbons (Fsp3) is 0.368. The standard InChI is InChI=1S/C19H22BrN/c1-19(13-15-5-3-2-4-6-15)11-12-21-14-18(19)16-7-9-17(20)10-8-16/h2-10,18,21H,11-14H2,1H3. The van der Waals surface area contributed by atoms with Crippen molar-refractivity contribution in [2.75, 3.05) is 13.1 Å². The molecule has 1 nitrogen and oxygen atoms in total. The Morgan fingerprint density at radius 3 is 2.52 bits per heavy atom. The number of hydrogen-bond acceptors (Lipinski definition) is 1. The van der Waals surface area contributed by atoms with Gasteiger partial charge in [-0.1, -0.05) is 65.3 Å². The molecule has 2 unspecified atom stereocenters. The maximum Gasteiger partial charge on any atom is 0.0175 e. The van der Waals surface area contributed by atoms with Gasteiger partial charge in [0.1, 0.15) is 0 Å². The minimum atomic E-state index is 0.320. The Hall–Kier alpha value is -1.12. The summed E-state index contributed by atoms with van der Waals surface area (Å²) in [7, 11) is 0. The van der Waals surface area contributed by atoms with Crippen LogP contribution >= 0.6 is 15.9 Å². The van der Waals surface area contributed by atoms with Crippen LogP contribution in [-0.4, -0.2) is 13.1 Å². The Balaban J connectivity index is 1.88. The van der Waals surface area contributed by atoms with E-state index in [2.05, 4.69) is 82.8 Å². The van der Waals surface area contributed by atoms with Crippen LogP contribution in [0, 0.1) is 5.41 Å². The molecule has 1 N–H and O–H groups in total. The van der Waals surface area contributed by atoms with Gasteiger partial charge in [-0.3, -0.25) is 0 Å². The van der Waals surface area contributed by atoms with Gasteiger partial charge in [-0.25, -0.2) is 0 Å². The topological polar surface area (TPSA) is 12.0 Å². The van der Waals surface area contributed by atoms with E-state index in [-0.39, 0.29) is 0 Å². The lowest BCUT2D eigenvalue weighted by molar-refractivity contribution is 0.186. The summed E-state index contributed by atoms with van der Waals surface area (Å²) in [6.45, 7) is 4.65. The Morgan fingerprint density at radius 1 is 1.10 bits per heavy atom. The summed E-state index contributed by atoms with van der Waals surface area (Å²) in [4.78, 5) is 0. The molecule has 1 fully saturated rings. The fourth-order valence-corrected chi connectivity index (χ4v) is 3.79. The minimum Gasteiger partial charge on any atom is -0.316 e. The van der Waals surface area contributed by atoms with Crippen molar-refractivity contribution in [3.63, 3.8) is 0 Å². The molecule has 3 rings (SSSR count). The third-order valence-electron chi connectivity index (χ3n) is 4.79. The van der Waals surface area contributed by atoms with Crippen molar-refractivity contribution < 1.29 is 0 Å².